The maximum atomic E-state index is 12.1. The van der Waals surface area contributed by atoms with E-state index >= 15 is 0 Å². The van der Waals surface area contributed by atoms with Crippen LogP contribution in [0.3, 0.4) is 0 Å². The van der Waals surface area contributed by atoms with Crippen LogP contribution in [0.15, 0.2) is 12.1 Å². The van der Waals surface area contributed by atoms with Crippen LogP contribution in [0.2, 0.25) is 4.34 Å². The molecule has 1 heterocycles. The molecule has 1 aromatic heterocycles. The molecule has 0 aliphatic heterocycles. The van der Waals surface area contributed by atoms with Crippen molar-refractivity contribution < 1.29 is 9.90 Å². The molecule has 0 aromatic carbocycles. The van der Waals surface area contributed by atoms with Crippen molar-refractivity contribution in [1.29, 1.82) is 0 Å². The third-order valence-corrected chi connectivity index (χ3v) is 4.82. The fourth-order valence-corrected chi connectivity index (χ4v) is 3.37. The van der Waals surface area contributed by atoms with Gasteiger partial charge in [0.2, 0.25) is 0 Å². The summed E-state index contributed by atoms with van der Waals surface area (Å²) >= 11 is 7.24. The summed E-state index contributed by atoms with van der Waals surface area (Å²) in [5, 5.41) is 10.3. The number of carbonyl (C=O) groups is 1. The molecule has 0 amide bonds. The highest BCUT2D eigenvalue weighted by Crippen LogP contribution is 2.34. The molecule has 0 unspecified atom stereocenters. The quantitative estimate of drug-likeness (QED) is 0.915. The Bertz CT molecular complexity index is 405. The molecule has 17 heavy (non-hydrogen) atoms. The van der Waals surface area contributed by atoms with Crippen molar-refractivity contribution in [2.45, 2.75) is 44.6 Å². The van der Waals surface area contributed by atoms with Crippen LogP contribution < -0.4 is 0 Å². The number of halogens is 1. The lowest BCUT2D eigenvalue weighted by Crippen LogP contribution is -2.42. The van der Waals surface area contributed by atoms with Gasteiger partial charge in [0, 0.05) is 11.3 Å². The molecule has 0 bridgehead atoms. The van der Waals surface area contributed by atoms with Gasteiger partial charge < -0.3 is 5.11 Å². The van der Waals surface area contributed by atoms with Gasteiger partial charge in [-0.3, -0.25) is 4.79 Å². The standard InChI is InChI=1S/C13H17ClO2S/c1-9-4-6-13(16,7-5-9)11(15)8-10-2-3-12(14)17-10/h2-3,9,16H,4-8H2,1H3. The molecule has 2 rings (SSSR count). The molecule has 1 aromatic rings. The lowest BCUT2D eigenvalue weighted by molar-refractivity contribution is -0.140. The number of carbonyl (C=O) groups excluding carboxylic acids is 1. The summed E-state index contributed by atoms with van der Waals surface area (Å²) in [6.07, 6.45) is 3.39. The molecule has 94 valence electrons. The zero-order valence-corrected chi connectivity index (χ0v) is 11.5. The number of rotatable bonds is 3. The van der Waals surface area contributed by atoms with E-state index in [0.29, 0.717) is 29.5 Å². The SMILES string of the molecule is CC1CCC(O)(C(=O)Cc2ccc(Cl)s2)CC1. The van der Waals surface area contributed by atoms with E-state index in [0.717, 1.165) is 17.7 Å². The summed E-state index contributed by atoms with van der Waals surface area (Å²) in [7, 11) is 0. The molecule has 1 fully saturated rings. The lowest BCUT2D eigenvalue weighted by Gasteiger charge is -2.33. The average molecular weight is 273 g/mol. The Morgan fingerprint density at radius 2 is 2.18 bits per heavy atom. The molecule has 0 spiro atoms. The molecule has 1 saturated carbocycles. The van der Waals surface area contributed by atoms with E-state index in [4.69, 9.17) is 11.6 Å². The van der Waals surface area contributed by atoms with Gasteiger partial charge in [-0.05, 0) is 43.7 Å². The summed E-state index contributed by atoms with van der Waals surface area (Å²) in [4.78, 5) is 13.1. The van der Waals surface area contributed by atoms with Crippen LogP contribution in [-0.4, -0.2) is 16.5 Å². The normalized spacial score (nSPS) is 29.2. The van der Waals surface area contributed by atoms with Crippen molar-refractivity contribution in [3.05, 3.63) is 21.3 Å². The zero-order chi connectivity index (χ0) is 12.5. The maximum Gasteiger partial charge on any atom is 0.169 e. The number of hydrogen-bond acceptors (Lipinski definition) is 3. The predicted molar refractivity (Wildman–Crippen MR) is 70.6 cm³/mol. The molecule has 1 aliphatic carbocycles. The number of ketones is 1. The molecule has 0 saturated heterocycles. The predicted octanol–water partition coefficient (Wildman–Crippen LogP) is 3.45. The number of Topliss-reactive ketones (excluding diaryl/α,β-unsaturated/α-hetero) is 1. The Balaban J connectivity index is 2.00. The van der Waals surface area contributed by atoms with E-state index in [1.807, 2.05) is 6.07 Å². The highest BCUT2D eigenvalue weighted by Gasteiger charge is 2.38. The van der Waals surface area contributed by atoms with E-state index in [9.17, 15) is 9.90 Å². The first-order valence-corrected chi connectivity index (χ1v) is 7.19. The van der Waals surface area contributed by atoms with Gasteiger partial charge in [0.05, 0.1) is 4.34 Å². The maximum absolute atomic E-state index is 12.1. The first-order valence-electron chi connectivity index (χ1n) is 5.99. The van der Waals surface area contributed by atoms with Gasteiger partial charge in [-0.1, -0.05) is 18.5 Å². The van der Waals surface area contributed by atoms with Crippen LogP contribution in [0.1, 0.15) is 37.5 Å². The van der Waals surface area contributed by atoms with Crippen LogP contribution >= 0.6 is 22.9 Å². The molecule has 1 aliphatic rings. The minimum atomic E-state index is -1.09. The second kappa shape index (κ2) is 5.09. The first-order chi connectivity index (χ1) is 7.99. The van der Waals surface area contributed by atoms with Crippen molar-refractivity contribution in [2.75, 3.05) is 0 Å². The second-order valence-corrected chi connectivity index (χ2v) is 6.82. The van der Waals surface area contributed by atoms with Crippen LogP contribution in [-0.2, 0) is 11.2 Å². The Kier molecular flexibility index (Phi) is 3.91. The highest BCUT2D eigenvalue weighted by molar-refractivity contribution is 7.16. The van der Waals surface area contributed by atoms with E-state index in [2.05, 4.69) is 6.92 Å². The zero-order valence-electron chi connectivity index (χ0n) is 9.91. The monoisotopic (exact) mass is 272 g/mol. The average Bonchev–Trinajstić information content (AvgIpc) is 2.68. The van der Waals surface area contributed by atoms with E-state index < -0.39 is 5.60 Å². The Hall–Kier alpha value is -0.380. The highest BCUT2D eigenvalue weighted by atomic mass is 35.5. The van der Waals surface area contributed by atoms with Crippen molar-refractivity contribution in [3.63, 3.8) is 0 Å². The Labute approximate surface area is 111 Å². The summed E-state index contributed by atoms with van der Waals surface area (Å²) < 4.78 is 0.692. The summed E-state index contributed by atoms with van der Waals surface area (Å²) in [5.41, 5.74) is -1.09. The van der Waals surface area contributed by atoms with Crippen molar-refractivity contribution in [1.82, 2.24) is 0 Å². The van der Waals surface area contributed by atoms with Crippen molar-refractivity contribution in [3.8, 4) is 0 Å². The number of thiophene rings is 1. The van der Waals surface area contributed by atoms with Gasteiger partial charge >= 0.3 is 0 Å². The van der Waals surface area contributed by atoms with Gasteiger partial charge in [-0.2, -0.15) is 0 Å². The van der Waals surface area contributed by atoms with E-state index in [1.54, 1.807) is 6.07 Å². The van der Waals surface area contributed by atoms with Crippen molar-refractivity contribution in [2.24, 2.45) is 5.92 Å². The second-order valence-electron chi connectivity index (χ2n) is 5.02. The van der Waals surface area contributed by atoms with Crippen LogP contribution in [0.25, 0.3) is 0 Å². The minimum absolute atomic E-state index is 0.0529. The van der Waals surface area contributed by atoms with Gasteiger partial charge in [0.1, 0.15) is 5.60 Å². The largest absolute Gasteiger partial charge is 0.382 e. The third kappa shape index (κ3) is 3.09. The van der Waals surface area contributed by atoms with Gasteiger partial charge in [-0.15, -0.1) is 11.3 Å². The molecular formula is C13H17ClO2S. The van der Waals surface area contributed by atoms with Crippen LogP contribution in [0.4, 0.5) is 0 Å². The summed E-state index contributed by atoms with van der Waals surface area (Å²) in [6.45, 7) is 2.17. The first kappa shape index (κ1) is 13.1. The van der Waals surface area contributed by atoms with Crippen LogP contribution in [0.5, 0.6) is 0 Å². The summed E-state index contributed by atoms with van der Waals surface area (Å²) in [5.74, 6) is 0.571. The van der Waals surface area contributed by atoms with Crippen molar-refractivity contribution >= 4 is 28.7 Å². The van der Waals surface area contributed by atoms with Crippen LogP contribution in [0, 0.1) is 5.92 Å². The fraction of sp³-hybridized carbons (Fsp3) is 0.615. The fourth-order valence-electron chi connectivity index (χ4n) is 2.29. The topological polar surface area (TPSA) is 37.3 Å². The molecule has 2 nitrogen and oxygen atoms in total. The Morgan fingerprint density at radius 1 is 1.53 bits per heavy atom. The molecular weight excluding hydrogens is 256 g/mol. The third-order valence-electron chi connectivity index (χ3n) is 3.58. The Morgan fingerprint density at radius 3 is 2.71 bits per heavy atom. The van der Waals surface area contributed by atoms with Gasteiger partial charge in [0.25, 0.3) is 0 Å². The molecule has 1 N–H and O–H groups in total. The molecule has 4 heteroatoms. The minimum Gasteiger partial charge on any atom is -0.382 e. The summed E-state index contributed by atoms with van der Waals surface area (Å²) in [6, 6.07) is 3.65. The van der Waals surface area contributed by atoms with Gasteiger partial charge in [-0.25, -0.2) is 0 Å². The lowest BCUT2D eigenvalue weighted by atomic mass is 9.76. The number of aliphatic hydroxyl groups is 1. The van der Waals surface area contributed by atoms with Gasteiger partial charge in [0.15, 0.2) is 5.78 Å². The van der Waals surface area contributed by atoms with E-state index in [-0.39, 0.29) is 5.78 Å². The smallest absolute Gasteiger partial charge is 0.169 e. The van der Waals surface area contributed by atoms with E-state index in [1.165, 1.54) is 11.3 Å². The number of hydrogen-bond donors (Lipinski definition) is 1. The molecule has 0 radical (unpaired) electrons. The molecule has 0 atom stereocenters.